The molecule has 5 nitrogen and oxygen atoms in total. The fraction of sp³-hybridized carbons (Fsp3) is 0.440. The summed E-state index contributed by atoms with van der Waals surface area (Å²) in [6.07, 6.45) is 1.28. The lowest BCUT2D eigenvalue weighted by Gasteiger charge is -2.31. The van der Waals surface area contributed by atoms with E-state index in [4.69, 9.17) is 27.9 Å². The van der Waals surface area contributed by atoms with Gasteiger partial charge in [0.2, 0.25) is 5.91 Å². The van der Waals surface area contributed by atoms with Crippen molar-refractivity contribution in [3.05, 3.63) is 63.1 Å². The second-order valence-electron chi connectivity index (χ2n) is 8.07. The summed E-state index contributed by atoms with van der Waals surface area (Å²) in [5.74, 6) is 0.194. The fourth-order valence-electron chi connectivity index (χ4n) is 3.38. The highest BCUT2D eigenvalue weighted by Gasteiger charge is 2.29. The maximum atomic E-state index is 13.3. The lowest BCUT2D eigenvalue weighted by atomic mass is 10.1. The lowest BCUT2D eigenvalue weighted by Crippen LogP contribution is -2.51. The number of hydrogen-bond acceptors (Lipinski definition) is 3. The predicted octanol–water partition coefficient (Wildman–Crippen LogP) is 5.71. The van der Waals surface area contributed by atoms with E-state index in [1.165, 1.54) is 0 Å². The number of nitrogens with zero attached hydrogens (tertiary/aromatic N) is 1. The monoisotopic (exact) mass is 478 g/mol. The normalized spacial score (nSPS) is 12.7. The summed E-state index contributed by atoms with van der Waals surface area (Å²) < 4.78 is 5.82. The third kappa shape index (κ3) is 7.14. The van der Waals surface area contributed by atoms with Gasteiger partial charge in [0.25, 0.3) is 5.91 Å². The average Bonchev–Trinajstić information content (AvgIpc) is 2.75. The van der Waals surface area contributed by atoms with Crippen molar-refractivity contribution < 1.29 is 14.3 Å². The summed E-state index contributed by atoms with van der Waals surface area (Å²) in [7, 11) is 0. The number of benzene rings is 2. The summed E-state index contributed by atoms with van der Waals surface area (Å²) in [6, 6.07) is 10.4. The highest BCUT2D eigenvalue weighted by Crippen LogP contribution is 2.24. The van der Waals surface area contributed by atoms with Crippen LogP contribution < -0.4 is 10.1 Å². The SMILES string of the molecule is CCC(C)NC(=O)C(CC)N(Cc1ccc(Cl)c(Cl)c1)C(=O)COc1ccc(C)cc1C. The Hall–Kier alpha value is -2.24. The Morgan fingerprint density at radius 3 is 2.34 bits per heavy atom. The number of carbonyl (C=O) groups excluding carboxylic acids is 2. The first kappa shape index (κ1) is 26.0. The van der Waals surface area contributed by atoms with E-state index in [-0.39, 0.29) is 31.0 Å². The van der Waals surface area contributed by atoms with Crippen molar-refractivity contribution in [3.8, 4) is 5.75 Å². The number of rotatable bonds is 10. The first-order chi connectivity index (χ1) is 15.2. The van der Waals surface area contributed by atoms with E-state index in [1.807, 2.05) is 52.8 Å². The zero-order valence-corrected chi connectivity index (χ0v) is 20.9. The van der Waals surface area contributed by atoms with Gasteiger partial charge in [0.1, 0.15) is 11.8 Å². The van der Waals surface area contributed by atoms with Crippen molar-refractivity contribution in [3.63, 3.8) is 0 Å². The van der Waals surface area contributed by atoms with Crippen LogP contribution in [0.5, 0.6) is 5.75 Å². The molecule has 0 aliphatic carbocycles. The summed E-state index contributed by atoms with van der Waals surface area (Å²) >= 11 is 12.2. The first-order valence-electron chi connectivity index (χ1n) is 10.9. The van der Waals surface area contributed by atoms with Crippen LogP contribution in [-0.4, -0.2) is 35.4 Å². The number of ether oxygens (including phenoxy) is 1. The van der Waals surface area contributed by atoms with Crippen molar-refractivity contribution in [1.29, 1.82) is 0 Å². The zero-order valence-electron chi connectivity index (χ0n) is 19.4. The van der Waals surface area contributed by atoms with Gasteiger partial charge in [0, 0.05) is 12.6 Å². The highest BCUT2D eigenvalue weighted by molar-refractivity contribution is 6.42. The number of amides is 2. The molecule has 0 spiro atoms. The van der Waals surface area contributed by atoms with Crippen LogP contribution in [0.1, 0.15) is 50.3 Å². The van der Waals surface area contributed by atoms with E-state index in [0.717, 1.165) is 23.1 Å². The van der Waals surface area contributed by atoms with Gasteiger partial charge in [-0.1, -0.05) is 60.8 Å². The van der Waals surface area contributed by atoms with Gasteiger partial charge in [0.15, 0.2) is 6.61 Å². The number of aryl methyl sites for hydroxylation is 2. The molecule has 7 heteroatoms. The van der Waals surface area contributed by atoms with E-state index in [0.29, 0.717) is 22.2 Å². The summed E-state index contributed by atoms with van der Waals surface area (Å²) in [6.45, 7) is 9.83. The van der Waals surface area contributed by atoms with Gasteiger partial charge >= 0.3 is 0 Å². The van der Waals surface area contributed by atoms with E-state index in [9.17, 15) is 9.59 Å². The largest absolute Gasteiger partial charge is 0.483 e. The fourth-order valence-corrected chi connectivity index (χ4v) is 3.70. The van der Waals surface area contributed by atoms with Crippen LogP contribution in [0.2, 0.25) is 10.0 Å². The Kier molecular flexibility index (Phi) is 9.85. The third-order valence-corrected chi connectivity index (χ3v) is 6.14. The van der Waals surface area contributed by atoms with Gasteiger partial charge in [-0.2, -0.15) is 0 Å². The van der Waals surface area contributed by atoms with E-state index < -0.39 is 6.04 Å². The minimum Gasteiger partial charge on any atom is -0.483 e. The second kappa shape index (κ2) is 12.1. The molecule has 0 fully saturated rings. The minimum atomic E-state index is -0.631. The molecule has 2 unspecified atom stereocenters. The molecule has 2 amide bonds. The molecule has 0 saturated carbocycles. The van der Waals surface area contributed by atoms with Crippen molar-refractivity contribution in [1.82, 2.24) is 10.2 Å². The van der Waals surface area contributed by atoms with Gasteiger partial charge in [-0.05, 0) is 62.9 Å². The average molecular weight is 479 g/mol. The molecule has 0 aliphatic heterocycles. The number of carbonyl (C=O) groups is 2. The van der Waals surface area contributed by atoms with Crippen LogP contribution >= 0.6 is 23.2 Å². The van der Waals surface area contributed by atoms with Crippen LogP contribution in [0, 0.1) is 13.8 Å². The summed E-state index contributed by atoms with van der Waals surface area (Å²) in [4.78, 5) is 27.8. The van der Waals surface area contributed by atoms with E-state index in [2.05, 4.69) is 5.32 Å². The Balaban J connectivity index is 2.26. The lowest BCUT2D eigenvalue weighted by molar-refractivity contribution is -0.143. The van der Waals surface area contributed by atoms with Crippen LogP contribution in [0.3, 0.4) is 0 Å². The highest BCUT2D eigenvalue weighted by atomic mass is 35.5. The molecule has 2 aromatic carbocycles. The van der Waals surface area contributed by atoms with Gasteiger partial charge in [-0.3, -0.25) is 9.59 Å². The predicted molar refractivity (Wildman–Crippen MR) is 130 cm³/mol. The molecule has 1 N–H and O–H groups in total. The molecule has 0 aromatic heterocycles. The molecular weight excluding hydrogens is 447 g/mol. The Bertz CT molecular complexity index is 949. The van der Waals surface area contributed by atoms with Gasteiger partial charge in [-0.25, -0.2) is 0 Å². The molecule has 2 atom stereocenters. The van der Waals surface area contributed by atoms with Gasteiger partial charge in [0.05, 0.1) is 10.0 Å². The molecule has 174 valence electrons. The van der Waals surface area contributed by atoms with Crippen LogP contribution in [0.15, 0.2) is 36.4 Å². The topological polar surface area (TPSA) is 58.6 Å². The molecule has 2 aromatic rings. The number of nitrogens with one attached hydrogen (secondary N) is 1. The smallest absolute Gasteiger partial charge is 0.261 e. The minimum absolute atomic E-state index is 0.0185. The Labute approximate surface area is 201 Å². The molecule has 0 saturated heterocycles. The Morgan fingerprint density at radius 1 is 1.03 bits per heavy atom. The van der Waals surface area contributed by atoms with Crippen LogP contribution in [0.4, 0.5) is 0 Å². The van der Waals surface area contributed by atoms with Crippen molar-refractivity contribution in [2.75, 3.05) is 6.61 Å². The maximum absolute atomic E-state index is 13.3. The summed E-state index contributed by atoms with van der Waals surface area (Å²) in [5, 5.41) is 3.83. The van der Waals surface area contributed by atoms with Gasteiger partial charge in [-0.15, -0.1) is 0 Å². The van der Waals surface area contributed by atoms with Gasteiger partial charge < -0.3 is 15.0 Å². The molecule has 0 radical (unpaired) electrons. The van der Waals surface area contributed by atoms with Crippen LogP contribution in [0.25, 0.3) is 0 Å². The van der Waals surface area contributed by atoms with Crippen molar-refractivity contribution in [2.24, 2.45) is 0 Å². The Morgan fingerprint density at radius 2 is 1.75 bits per heavy atom. The third-order valence-electron chi connectivity index (χ3n) is 5.41. The summed E-state index contributed by atoms with van der Waals surface area (Å²) in [5.41, 5.74) is 2.86. The van der Waals surface area contributed by atoms with Crippen molar-refractivity contribution in [2.45, 2.75) is 66.1 Å². The maximum Gasteiger partial charge on any atom is 0.261 e. The number of hydrogen-bond donors (Lipinski definition) is 1. The quantitative estimate of drug-likeness (QED) is 0.475. The molecule has 0 bridgehead atoms. The zero-order chi connectivity index (χ0) is 23.8. The standard InChI is InChI=1S/C25H32Cl2N2O3/c1-6-18(5)28-25(31)22(7-2)29(14-19-9-10-20(26)21(27)13-19)24(30)15-32-23-11-8-16(3)12-17(23)4/h8-13,18,22H,6-7,14-15H2,1-5H3,(H,28,31). The van der Waals surface area contributed by atoms with E-state index in [1.54, 1.807) is 23.1 Å². The molecule has 0 heterocycles. The molecule has 0 aliphatic rings. The second-order valence-corrected chi connectivity index (χ2v) is 8.88. The molecule has 2 rings (SSSR count). The first-order valence-corrected chi connectivity index (χ1v) is 11.7. The van der Waals surface area contributed by atoms with Crippen molar-refractivity contribution >= 4 is 35.0 Å². The molecular formula is C25H32Cl2N2O3. The van der Waals surface area contributed by atoms with E-state index >= 15 is 0 Å². The van der Waals surface area contributed by atoms with Crippen LogP contribution in [-0.2, 0) is 16.1 Å². The number of halogens is 2. The molecule has 32 heavy (non-hydrogen) atoms.